The van der Waals surface area contributed by atoms with Crippen LogP contribution in [-0.2, 0) is 17.1 Å². The van der Waals surface area contributed by atoms with E-state index in [9.17, 15) is 8.42 Å². The van der Waals surface area contributed by atoms with Gasteiger partial charge >= 0.3 is 0 Å². The van der Waals surface area contributed by atoms with Crippen LogP contribution in [0.3, 0.4) is 0 Å². The van der Waals surface area contributed by atoms with E-state index >= 15 is 0 Å². The Morgan fingerprint density at radius 1 is 1.50 bits per heavy atom. The first-order valence-electron chi connectivity index (χ1n) is 4.51. The Bertz CT molecular complexity index is 597. The van der Waals surface area contributed by atoms with Gasteiger partial charge in [-0.05, 0) is 6.92 Å². The topological polar surface area (TPSA) is 92.7 Å². The third-order valence-electron chi connectivity index (χ3n) is 2.03. The highest BCUT2D eigenvalue weighted by Crippen LogP contribution is 2.15. The van der Waals surface area contributed by atoms with Crippen LogP contribution in [0.4, 0.5) is 5.82 Å². The number of aromatic nitrogens is 4. The van der Waals surface area contributed by atoms with Gasteiger partial charge in [0.2, 0.25) is 0 Å². The molecule has 7 nitrogen and oxygen atoms in total. The zero-order chi connectivity index (χ0) is 11.8. The Hall–Kier alpha value is -1.83. The SMILES string of the molecule is Cc1[nH]ncc1S(=O)(=O)Nc1ccn(C)n1. The molecule has 0 aliphatic rings. The largest absolute Gasteiger partial charge is 0.281 e. The van der Waals surface area contributed by atoms with Gasteiger partial charge in [0, 0.05) is 19.3 Å². The molecule has 0 spiro atoms. The fraction of sp³-hybridized carbons (Fsp3) is 0.250. The van der Waals surface area contributed by atoms with Crippen LogP contribution in [0.5, 0.6) is 0 Å². The lowest BCUT2D eigenvalue weighted by atomic mass is 10.5. The van der Waals surface area contributed by atoms with Crippen LogP contribution < -0.4 is 4.72 Å². The summed E-state index contributed by atoms with van der Waals surface area (Å²) in [7, 11) is -1.90. The molecule has 2 rings (SSSR count). The van der Waals surface area contributed by atoms with E-state index in [0.717, 1.165) is 0 Å². The van der Waals surface area contributed by atoms with Crippen molar-refractivity contribution in [2.24, 2.45) is 7.05 Å². The normalized spacial score (nSPS) is 11.6. The van der Waals surface area contributed by atoms with Gasteiger partial charge in [-0.3, -0.25) is 14.5 Å². The lowest BCUT2D eigenvalue weighted by Crippen LogP contribution is -2.13. The minimum Gasteiger partial charge on any atom is -0.281 e. The van der Waals surface area contributed by atoms with Crippen molar-refractivity contribution in [2.45, 2.75) is 11.8 Å². The Morgan fingerprint density at radius 3 is 2.75 bits per heavy atom. The van der Waals surface area contributed by atoms with Crippen LogP contribution in [0.15, 0.2) is 23.4 Å². The molecule has 0 aliphatic heterocycles. The molecule has 86 valence electrons. The number of nitrogens with one attached hydrogen (secondary N) is 2. The van der Waals surface area contributed by atoms with Crippen molar-refractivity contribution in [1.82, 2.24) is 20.0 Å². The van der Waals surface area contributed by atoms with Gasteiger partial charge in [0.05, 0.1) is 11.9 Å². The highest BCUT2D eigenvalue weighted by Gasteiger charge is 2.19. The zero-order valence-corrected chi connectivity index (χ0v) is 9.61. The van der Waals surface area contributed by atoms with E-state index in [1.807, 2.05) is 0 Å². The fourth-order valence-corrected chi connectivity index (χ4v) is 2.41. The highest BCUT2D eigenvalue weighted by atomic mass is 32.2. The molecule has 0 saturated carbocycles. The second kappa shape index (κ2) is 3.63. The van der Waals surface area contributed by atoms with Crippen molar-refractivity contribution in [2.75, 3.05) is 4.72 Å². The summed E-state index contributed by atoms with van der Waals surface area (Å²) >= 11 is 0. The van der Waals surface area contributed by atoms with E-state index in [1.165, 1.54) is 10.9 Å². The van der Waals surface area contributed by atoms with Crippen molar-refractivity contribution in [1.29, 1.82) is 0 Å². The number of aryl methyl sites for hydroxylation is 2. The molecule has 0 amide bonds. The van der Waals surface area contributed by atoms with Crippen LogP contribution in [0.2, 0.25) is 0 Å². The molecular weight excluding hydrogens is 230 g/mol. The predicted octanol–water partition coefficient (Wildman–Crippen LogP) is 0.252. The molecule has 0 atom stereocenters. The average molecular weight is 241 g/mol. The average Bonchev–Trinajstić information content (AvgIpc) is 2.74. The van der Waals surface area contributed by atoms with Crippen LogP contribution in [-0.4, -0.2) is 28.4 Å². The molecule has 2 aromatic rings. The fourth-order valence-electron chi connectivity index (χ4n) is 1.27. The summed E-state index contributed by atoms with van der Waals surface area (Å²) in [5.74, 6) is 0.281. The first kappa shape index (κ1) is 10.7. The third kappa shape index (κ3) is 1.91. The Balaban J connectivity index is 2.31. The number of hydrogen-bond acceptors (Lipinski definition) is 4. The first-order valence-corrected chi connectivity index (χ1v) is 6.00. The summed E-state index contributed by atoms with van der Waals surface area (Å²) in [5.41, 5.74) is 0.489. The van der Waals surface area contributed by atoms with Gasteiger partial charge < -0.3 is 0 Å². The van der Waals surface area contributed by atoms with Crippen molar-refractivity contribution in [3.8, 4) is 0 Å². The molecule has 0 unspecified atom stereocenters. The number of aromatic amines is 1. The van der Waals surface area contributed by atoms with Crippen LogP contribution >= 0.6 is 0 Å². The summed E-state index contributed by atoms with van der Waals surface area (Å²) in [6.45, 7) is 1.64. The summed E-state index contributed by atoms with van der Waals surface area (Å²) in [4.78, 5) is 0.123. The summed E-state index contributed by atoms with van der Waals surface area (Å²) < 4.78 is 27.6. The van der Waals surface area contributed by atoms with E-state index in [4.69, 9.17) is 0 Å². The summed E-state index contributed by atoms with van der Waals surface area (Å²) in [5, 5.41) is 10.2. The number of anilines is 1. The number of hydrogen-bond donors (Lipinski definition) is 2. The molecule has 0 bridgehead atoms. The van der Waals surface area contributed by atoms with Gasteiger partial charge in [0.1, 0.15) is 4.90 Å². The molecule has 0 saturated heterocycles. The quantitative estimate of drug-likeness (QED) is 0.805. The van der Waals surface area contributed by atoms with Crippen molar-refractivity contribution in [3.63, 3.8) is 0 Å². The Kier molecular flexibility index (Phi) is 2.43. The number of H-pyrrole nitrogens is 1. The molecule has 8 heteroatoms. The Labute approximate surface area is 92.5 Å². The first-order chi connectivity index (χ1) is 7.49. The smallest absolute Gasteiger partial charge is 0.266 e. The van der Waals surface area contributed by atoms with Gasteiger partial charge in [-0.2, -0.15) is 10.2 Å². The molecule has 2 heterocycles. The lowest BCUT2D eigenvalue weighted by molar-refractivity contribution is 0.600. The van der Waals surface area contributed by atoms with Crippen molar-refractivity contribution in [3.05, 3.63) is 24.2 Å². The van der Waals surface area contributed by atoms with Gasteiger partial charge in [-0.25, -0.2) is 8.42 Å². The lowest BCUT2D eigenvalue weighted by Gasteiger charge is -2.03. The maximum atomic E-state index is 11.9. The summed E-state index contributed by atoms with van der Waals surface area (Å²) in [6, 6.07) is 1.58. The number of rotatable bonds is 3. The third-order valence-corrected chi connectivity index (χ3v) is 3.49. The second-order valence-corrected chi connectivity index (χ2v) is 4.99. The monoisotopic (exact) mass is 241 g/mol. The van der Waals surface area contributed by atoms with Crippen molar-refractivity contribution < 1.29 is 8.42 Å². The molecule has 2 aromatic heterocycles. The second-order valence-electron chi connectivity index (χ2n) is 3.34. The maximum absolute atomic E-state index is 11.9. The molecule has 0 aliphatic carbocycles. The minimum atomic E-state index is -3.61. The Morgan fingerprint density at radius 2 is 2.25 bits per heavy atom. The van der Waals surface area contributed by atoms with Gasteiger partial charge in [-0.1, -0.05) is 0 Å². The number of nitrogens with zero attached hydrogens (tertiary/aromatic N) is 3. The van der Waals surface area contributed by atoms with Crippen molar-refractivity contribution >= 4 is 15.8 Å². The van der Waals surface area contributed by atoms with Crippen LogP contribution in [0.1, 0.15) is 5.69 Å². The number of sulfonamides is 1. The molecule has 0 fully saturated rings. The van der Waals surface area contributed by atoms with E-state index in [0.29, 0.717) is 5.69 Å². The molecule has 0 radical (unpaired) electrons. The molecule has 0 aromatic carbocycles. The highest BCUT2D eigenvalue weighted by molar-refractivity contribution is 7.92. The van der Waals surface area contributed by atoms with Crippen LogP contribution in [0, 0.1) is 6.92 Å². The van der Waals surface area contributed by atoms with E-state index in [1.54, 1.807) is 26.2 Å². The summed E-state index contributed by atoms with van der Waals surface area (Å²) in [6.07, 6.45) is 2.92. The van der Waals surface area contributed by atoms with Gasteiger partial charge in [-0.15, -0.1) is 0 Å². The molecule has 16 heavy (non-hydrogen) atoms. The molecule has 2 N–H and O–H groups in total. The molecular formula is C8H11N5O2S. The minimum absolute atomic E-state index is 0.123. The standard InChI is InChI=1S/C8H11N5O2S/c1-6-7(5-9-10-6)16(14,15)12-8-3-4-13(2)11-8/h3-5H,1-2H3,(H,9,10)(H,11,12). The van der Waals surface area contributed by atoms with Gasteiger partial charge in [0.15, 0.2) is 5.82 Å². The van der Waals surface area contributed by atoms with E-state index in [-0.39, 0.29) is 10.7 Å². The predicted molar refractivity (Wildman–Crippen MR) is 57.3 cm³/mol. The van der Waals surface area contributed by atoms with Gasteiger partial charge in [0.25, 0.3) is 10.0 Å². The van der Waals surface area contributed by atoms with E-state index in [2.05, 4.69) is 20.0 Å². The maximum Gasteiger partial charge on any atom is 0.266 e. The van der Waals surface area contributed by atoms with E-state index < -0.39 is 10.0 Å². The zero-order valence-electron chi connectivity index (χ0n) is 8.80. The van der Waals surface area contributed by atoms with Crippen LogP contribution in [0.25, 0.3) is 0 Å².